The molecule has 0 bridgehead atoms. The van der Waals surface area contributed by atoms with Gasteiger partial charge < -0.3 is 15.2 Å². The fourth-order valence-corrected chi connectivity index (χ4v) is 2.79. The van der Waals surface area contributed by atoms with Crippen LogP contribution < -0.4 is 15.2 Å². The topological polar surface area (TPSA) is 44.5 Å². The molecule has 20 heavy (non-hydrogen) atoms. The second-order valence-electron chi connectivity index (χ2n) is 5.81. The van der Waals surface area contributed by atoms with Gasteiger partial charge in [-0.25, -0.2) is 0 Å². The number of rotatable bonds is 7. The molecular weight excluding hydrogens is 250 g/mol. The normalized spacial score (nSPS) is 17.1. The Labute approximate surface area is 122 Å². The van der Waals surface area contributed by atoms with E-state index in [1.807, 2.05) is 12.1 Å². The van der Waals surface area contributed by atoms with Gasteiger partial charge in [-0.2, -0.15) is 0 Å². The average Bonchev–Trinajstić information content (AvgIpc) is 2.99. The lowest BCUT2D eigenvalue weighted by atomic mass is 10.0. The summed E-state index contributed by atoms with van der Waals surface area (Å²) in [6.45, 7) is 2.95. The highest BCUT2D eigenvalue weighted by molar-refractivity contribution is 5.40. The highest BCUT2D eigenvalue weighted by atomic mass is 16.5. The van der Waals surface area contributed by atoms with Crippen LogP contribution in [0, 0.1) is 5.92 Å². The summed E-state index contributed by atoms with van der Waals surface area (Å²) in [6, 6.07) is 6.21. The van der Waals surface area contributed by atoms with E-state index < -0.39 is 0 Å². The van der Waals surface area contributed by atoms with E-state index in [0.29, 0.717) is 0 Å². The zero-order valence-electron chi connectivity index (χ0n) is 12.7. The molecule has 1 aromatic rings. The highest BCUT2D eigenvalue weighted by Gasteiger charge is 2.17. The maximum atomic E-state index is 6.09. The highest BCUT2D eigenvalue weighted by Crippen LogP contribution is 2.29. The van der Waals surface area contributed by atoms with E-state index in [9.17, 15) is 0 Å². The van der Waals surface area contributed by atoms with Crippen molar-refractivity contribution in [2.24, 2.45) is 11.7 Å². The number of methoxy groups -OCH3 is 1. The first kappa shape index (κ1) is 15.2. The predicted octanol–water partition coefficient (Wildman–Crippen LogP) is 3.54. The lowest BCUT2D eigenvalue weighted by molar-refractivity contribution is 0.249. The van der Waals surface area contributed by atoms with Crippen LogP contribution in [0.15, 0.2) is 18.2 Å². The smallest absolute Gasteiger partial charge is 0.122 e. The van der Waals surface area contributed by atoms with Crippen molar-refractivity contribution >= 4 is 0 Å². The third-order valence-corrected chi connectivity index (χ3v) is 4.22. The molecule has 1 aromatic carbocycles. The molecule has 3 heteroatoms. The minimum absolute atomic E-state index is 0.177. The van der Waals surface area contributed by atoms with Crippen molar-refractivity contribution in [1.29, 1.82) is 0 Å². The number of benzene rings is 1. The van der Waals surface area contributed by atoms with Crippen molar-refractivity contribution in [2.75, 3.05) is 13.7 Å². The molecule has 1 saturated carbocycles. The molecule has 0 amide bonds. The first-order valence-corrected chi connectivity index (χ1v) is 7.78. The van der Waals surface area contributed by atoms with Gasteiger partial charge in [-0.15, -0.1) is 0 Å². The van der Waals surface area contributed by atoms with Gasteiger partial charge in [0.15, 0.2) is 0 Å². The number of nitrogens with two attached hydrogens (primary N) is 1. The van der Waals surface area contributed by atoms with E-state index in [1.54, 1.807) is 7.11 Å². The van der Waals surface area contributed by atoms with Crippen LogP contribution in [-0.2, 0) is 6.42 Å². The molecule has 0 aliphatic heterocycles. The third-order valence-electron chi connectivity index (χ3n) is 4.22. The summed E-state index contributed by atoms with van der Waals surface area (Å²) in [4.78, 5) is 0. The fraction of sp³-hybridized carbons (Fsp3) is 0.647. The Morgan fingerprint density at radius 2 is 2.05 bits per heavy atom. The molecule has 0 radical (unpaired) electrons. The van der Waals surface area contributed by atoms with Gasteiger partial charge in [0.2, 0.25) is 0 Å². The Morgan fingerprint density at radius 1 is 1.30 bits per heavy atom. The van der Waals surface area contributed by atoms with Crippen molar-refractivity contribution in [3.05, 3.63) is 23.8 Å². The van der Waals surface area contributed by atoms with Crippen LogP contribution in [0.3, 0.4) is 0 Å². The van der Waals surface area contributed by atoms with Crippen molar-refractivity contribution in [1.82, 2.24) is 0 Å². The van der Waals surface area contributed by atoms with Crippen molar-refractivity contribution in [3.8, 4) is 11.5 Å². The second kappa shape index (κ2) is 7.53. The minimum Gasteiger partial charge on any atom is -0.497 e. The van der Waals surface area contributed by atoms with Crippen LogP contribution in [0.25, 0.3) is 0 Å². The van der Waals surface area contributed by atoms with Gasteiger partial charge in [-0.05, 0) is 55.4 Å². The lowest BCUT2D eigenvalue weighted by Gasteiger charge is -2.17. The molecule has 1 fully saturated rings. The predicted molar refractivity (Wildman–Crippen MR) is 82.4 cm³/mol. The molecule has 1 atom stereocenters. The van der Waals surface area contributed by atoms with Gasteiger partial charge in [0.05, 0.1) is 13.7 Å². The lowest BCUT2D eigenvalue weighted by Crippen LogP contribution is -2.22. The van der Waals surface area contributed by atoms with Crippen LogP contribution >= 0.6 is 0 Å². The molecule has 112 valence electrons. The maximum Gasteiger partial charge on any atom is 0.122 e. The van der Waals surface area contributed by atoms with E-state index in [1.165, 1.54) is 25.7 Å². The summed E-state index contributed by atoms with van der Waals surface area (Å²) in [5, 5.41) is 0. The van der Waals surface area contributed by atoms with Crippen LogP contribution in [0.1, 0.15) is 44.6 Å². The molecule has 0 heterocycles. The van der Waals surface area contributed by atoms with Crippen molar-refractivity contribution in [2.45, 2.75) is 51.5 Å². The average molecular weight is 277 g/mol. The third kappa shape index (κ3) is 4.14. The van der Waals surface area contributed by atoms with Crippen molar-refractivity contribution in [3.63, 3.8) is 0 Å². The van der Waals surface area contributed by atoms with Gasteiger partial charge in [-0.1, -0.05) is 19.8 Å². The molecule has 2 N–H and O–H groups in total. The molecule has 3 nitrogen and oxygen atoms in total. The summed E-state index contributed by atoms with van der Waals surface area (Å²) < 4.78 is 11.4. The standard InChI is InChI=1S/C17H27NO2/c1-3-15(18)10-14-11-16(19-2)8-9-17(14)20-12-13-6-4-5-7-13/h8-9,11,13,15H,3-7,10,12,18H2,1-2H3. The molecule has 1 unspecified atom stereocenters. The SMILES string of the molecule is CCC(N)Cc1cc(OC)ccc1OCC1CCCC1. The monoisotopic (exact) mass is 277 g/mol. The van der Waals surface area contributed by atoms with Gasteiger partial charge in [0, 0.05) is 6.04 Å². The van der Waals surface area contributed by atoms with Gasteiger partial charge in [-0.3, -0.25) is 0 Å². The number of ether oxygens (including phenoxy) is 2. The summed E-state index contributed by atoms with van der Waals surface area (Å²) in [7, 11) is 1.69. The fourth-order valence-electron chi connectivity index (χ4n) is 2.79. The number of hydrogen-bond donors (Lipinski definition) is 1. The van der Waals surface area contributed by atoms with Crippen LogP contribution in [0.2, 0.25) is 0 Å². The Morgan fingerprint density at radius 3 is 2.70 bits per heavy atom. The van der Waals surface area contributed by atoms with Crippen LogP contribution in [0.4, 0.5) is 0 Å². The summed E-state index contributed by atoms with van der Waals surface area (Å²) >= 11 is 0. The maximum absolute atomic E-state index is 6.09. The van der Waals surface area contributed by atoms with E-state index >= 15 is 0 Å². The Kier molecular flexibility index (Phi) is 5.72. The van der Waals surface area contributed by atoms with E-state index in [4.69, 9.17) is 15.2 Å². The summed E-state index contributed by atoms with van der Waals surface area (Å²) in [6.07, 6.45) is 7.13. The molecule has 0 spiro atoms. The zero-order valence-corrected chi connectivity index (χ0v) is 12.7. The molecule has 0 aromatic heterocycles. The largest absolute Gasteiger partial charge is 0.497 e. The van der Waals surface area contributed by atoms with Crippen LogP contribution in [0.5, 0.6) is 11.5 Å². The quantitative estimate of drug-likeness (QED) is 0.829. The van der Waals surface area contributed by atoms with E-state index in [-0.39, 0.29) is 6.04 Å². The number of hydrogen-bond acceptors (Lipinski definition) is 3. The Balaban J connectivity index is 2.04. The second-order valence-corrected chi connectivity index (χ2v) is 5.81. The molecular formula is C17H27NO2. The summed E-state index contributed by atoms with van der Waals surface area (Å²) in [5.74, 6) is 2.57. The minimum atomic E-state index is 0.177. The Hall–Kier alpha value is -1.22. The molecule has 2 rings (SSSR count). The van der Waals surface area contributed by atoms with Gasteiger partial charge in [0.1, 0.15) is 11.5 Å². The van der Waals surface area contributed by atoms with E-state index in [2.05, 4.69) is 13.0 Å². The zero-order chi connectivity index (χ0) is 14.4. The van der Waals surface area contributed by atoms with Crippen molar-refractivity contribution < 1.29 is 9.47 Å². The summed E-state index contributed by atoms with van der Waals surface area (Å²) in [5.41, 5.74) is 7.25. The molecule has 0 saturated heterocycles. The first-order chi connectivity index (χ1) is 9.72. The van der Waals surface area contributed by atoms with Crippen LogP contribution in [-0.4, -0.2) is 19.8 Å². The first-order valence-electron chi connectivity index (χ1n) is 7.78. The Bertz CT molecular complexity index is 413. The van der Waals surface area contributed by atoms with E-state index in [0.717, 1.165) is 42.4 Å². The molecule has 1 aliphatic rings. The molecule has 1 aliphatic carbocycles. The van der Waals surface area contributed by atoms with Gasteiger partial charge >= 0.3 is 0 Å². The van der Waals surface area contributed by atoms with Gasteiger partial charge in [0.25, 0.3) is 0 Å².